The molecular formula is C23H27ClN2O4S. The summed E-state index contributed by atoms with van der Waals surface area (Å²) < 4.78 is 28.6. The third kappa shape index (κ3) is 4.06. The summed E-state index contributed by atoms with van der Waals surface area (Å²) in [5.74, 6) is -1.53. The van der Waals surface area contributed by atoms with Crippen LogP contribution in [0.5, 0.6) is 0 Å². The fraction of sp³-hybridized carbons (Fsp3) is 0.435. The summed E-state index contributed by atoms with van der Waals surface area (Å²) in [5, 5.41) is 10.2. The fourth-order valence-corrected chi connectivity index (χ4v) is 6.53. The summed E-state index contributed by atoms with van der Waals surface area (Å²) in [6.07, 6.45) is 1.86. The van der Waals surface area contributed by atoms with E-state index in [4.69, 9.17) is 11.6 Å². The van der Waals surface area contributed by atoms with E-state index >= 15 is 0 Å². The first-order chi connectivity index (χ1) is 14.7. The van der Waals surface area contributed by atoms with E-state index in [1.54, 1.807) is 22.5 Å². The Balaban J connectivity index is 1.60. The van der Waals surface area contributed by atoms with Crippen molar-refractivity contribution < 1.29 is 18.3 Å². The van der Waals surface area contributed by atoms with Gasteiger partial charge in [-0.25, -0.2) is 8.42 Å². The average Bonchev–Trinajstić information content (AvgIpc) is 3.18. The van der Waals surface area contributed by atoms with Gasteiger partial charge in [0, 0.05) is 36.4 Å². The van der Waals surface area contributed by atoms with Gasteiger partial charge in [0.2, 0.25) is 10.0 Å². The Morgan fingerprint density at radius 3 is 2.65 bits per heavy atom. The molecule has 0 radical (unpaired) electrons. The van der Waals surface area contributed by atoms with Crippen LogP contribution in [-0.4, -0.2) is 49.5 Å². The molecule has 0 spiro atoms. The summed E-state index contributed by atoms with van der Waals surface area (Å²) in [4.78, 5) is 13.9. The molecule has 0 saturated carbocycles. The molecule has 1 aliphatic carbocycles. The Labute approximate surface area is 188 Å². The largest absolute Gasteiger partial charge is 0.481 e. The fourth-order valence-electron chi connectivity index (χ4n) is 4.63. The number of rotatable bonds is 5. The third-order valence-electron chi connectivity index (χ3n) is 6.52. The number of carbonyl (C=O) groups is 1. The second kappa shape index (κ2) is 8.45. The Hall–Kier alpha value is -2.09. The van der Waals surface area contributed by atoms with E-state index in [9.17, 15) is 18.3 Å². The van der Waals surface area contributed by atoms with Gasteiger partial charge < -0.3 is 10.0 Å². The second-order valence-electron chi connectivity index (χ2n) is 8.35. The van der Waals surface area contributed by atoms with Crippen molar-refractivity contribution >= 4 is 33.3 Å². The summed E-state index contributed by atoms with van der Waals surface area (Å²) >= 11 is 6.29. The Bertz CT molecular complexity index is 1120. The number of carboxylic acid groups (broad SMARTS) is 1. The van der Waals surface area contributed by atoms with E-state index in [1.165, 1.54) is 0 Å². The summed E-state index contributed by atoms with van der Waals surface area (Å²) in [5.41, 5.74) is 3.57. The zero-order chi connectivity index (χ0) is 22.3. The lowest BCUT2D eigenvalue weighted by Gasteiger charge is -2.41. The van der Waals surface area contributed by atoms with Crippen molar-refractivity contribution in [1.29, 1.82) is 0 Å². The van der Waals surface area contributed by atoms with Crippen molar-refractivity contribution in [3.63, 3.8) is 0 Å². The van der Waals surface area contributed by atoms with Crippen molar-refractivity contribution in [3.05, 3.63) is 58.1 Å². The van der Waals surface area contributed by atoms with E-state index in [2.05, 4.69) is 4.90 Å². The summed E-state index contributed by atoms with van der Waals surface area (Å²) in [6, 6.07) is 10.7. The van der Waals surface area contributed by atoms with Crippen molar-refractivity contribution in [2.24, 2.45) is 0 Å². The van der Waals surface area contributed by atoms with Crippen molar-refractivity contribution in [3.8, 4) is 0 Å². The van der Waals surface area contributed by atoms with Crippen LogP contribution in [-0.2, 0) is 21.2 Å². The molecule has 1 aliphatic heterocycles. The van der Waals surface area contributed by atoms with E-state index in [1.807, 2.05) is 32.0 Å². The molecule has 1 N–H and O–H groups in total. The number of halogens is 1. The molecule has 2 unspecified atom stereocenters. The predicted molar refractivity (Wildman–Crippen MR) is 122 cm³/mol. The lowest BCUT2D eigenvalue weighted by Crippen LogP contribution is -2.55. The van der Waals surface area contributed by atoms with E-state index in [0.29, 0.717) is 49.5 Å². The number of benzene rings is 2. The monoisotopic (exact) mass is 462 g/mol. The molecular weight excluding hydrogens is 436 g/mol. The first kappa shape index (κ1) is 22.1. The van der Waals surface area contributed by atoms with Crippen molar-refractivity contribution in [2.75, 3.05) is 24.5 Å². The minimum Gasteiger partial charge on any atom is -0.481 e. The SMILES string of the molecule is CCC1CN(c2ccc(C)c(Cl)c2)CCN1S(=O)(=O)c1ccc2c(c1)C(C(=O)O)CC2. The van der Waals surface area contributed by atoms with Crippen LogP contribution in [0, 0.1) is 6.92 Å². The highest BCUT2D eigenvalue weighted by Gasteiger charge is 2.37. The number of aliphatic carboxylic acids is 1. The quantitative estimate of drug-likeness (QED) is 0.725. The number of carboxylic acids is 1. The van der Waals surface area contributed by atoms with Crippen LogP contribution < -0.4 is 4.90 Å². The van der Waals surface area contributed by atoms with Crippen LogP contribution >= 0.6 is 11.6 Å². The molecule has 2 aromatic rings. The maximum absolute atomic E-state index is 13.5. The van der Waals surface area contributed by atoms with Gasteiger partial charge in [0.05, 0.1) is 10.8 Å². The van der Waals surface area contributed by atoms with Crippen LogP contribution in [0.1, 0.15) is 42.4 Å². The van der Waals surface area contributed by atoms with Gasteiger partial charge in [-0.05, 0) is 67.1 Å². The van der Waals surface area contributed by atoms with Gasteiger partial charge in [0.15, 0.2) is 0 Å². The summed E-state index contributed by atoms with van der Waals surface area (Å²) in [6.45, 7) is 5.46. The smallest absolute Gasteiger partial charge is 0.310 e. The number of sulfonamides is 1. The standard InChI is InChI=1S/C23H27ClN2O4S/c1-3-17-14-25(18-7-4-15(2)22(24)12-18)10-11-26(17)31(29,30)19-8-5-16-6-9-20(23(27)28)21(16)13-19/h4-5,7-8,12-13,17,20H,3,6,9-11,14H2,1-2H3,(H,27,28). The maximum atomic E-state index is 13.5. The number of fused-ring (bicyclic) bond motifs is 1. The van der Waals surface area contributed by atoms with Crippen molar-refractivity contribution in [2.45, 2.75) is 50.0 Å². The second-order valence-corrected chi connectivity index (χ2v) is 10.6. The molecule has 0 bridgehead atoms. The molecule has 4 rings (SSSR count). The number of hydrogen-bond acceptors (Lipinski definition) is 4. The van der Waals surface area contributed by atoms with Gasteiger partial charge in [-0.2, -0.15) is 4.31 Å². The lowest BCUT2D eigenvalue weighted by atomic mass is 10.0. The molecule has 8 heteroatoms. The third-order valence-corrected chi connectivity index (χ3v) is 8.88. The van der Waals surface area contributed by atoms with E-state index in [0.717, 1.165) is 16.8 Å². The van der Waals surface area contributed by atoms with Gasteiger partial charge in [-0.3, -0.25) is 4.79 Å². The highest BCUT2D eigenvalue weighted by Crippen LogP contribution is 2.36. The molecule has 31 heavy (non-hydrogen) atoms. The minimum atomic E-state index is -3.73. The maximum Gasteiger partial charge on any atom is 0.310 e. The molecule has 1 heterocycles. The number of nitrogens with zero attached hydrogens (tertiary/aromatic N) is 2. The zero-order valence-corrected chi connectivity index (χ0v) is 19.3. The minimum absolute atomic E-state index is 0.178. The van der Waals surface area contributed by atoms with Crippen LogP contribution in [0.3, 0.4) is 0 Å². The summed E-state index contributed by atoms with van der Waals surface area (Å²) in [7, 11) is -3.73. The van der Waals surface area contributed by atoms with Gasteiger partial charge in [-0.15, -0.1) is 0 Å². The Kier molecular flexibility index (Phi) is 6.03. The number of hydrogen-bond donors (Lipinski definition) is 1. The topological polar surface area (TPSA) is 77.9 Å². The first-order valence-electron chi connectivity index (χ1n) is 10.6. The Morgan fingerprint density at radius 2 is 1.97 bits per heavy atom. The molecule has 2 atom stereocenters. The molecule has 0 aromatic heterocycles. The highest BCUT2D eigenvalue weighted by molar-refractivity contribution is 7.89. The molecule has 6 nitrogen and oxygen atoms in total. The van der Waals surface area contributed by atoms with Crippen LogP contribution in [0.2, 0.25) is 5.02 Å². The number of piperazine rings is 1. The zero-order valence-electron chi connectivity index (χ0n) is 17.7. The molecule has 0 amide bonds. The highest BCUT2D eigenvalue weighted by atomic mass is 35.5. The molecule has 2 aliphatic rings. The van der Waals surface area contributed by atoms with Gasteiger partial charge in [0.25, 0.3) is 0 Å². The van der Waals surface area contributed by atoms with Gasteiger partial charge >= 0.3 is 5.97 Å². The average molecular weight is 463 g/mol. The number of aryl methyl sites for hydroxylation is 2. The predicted octanol–water partition coefficient (Wildman–Crippen LogP) is 4.05. The van der Waals surface area contributed by atoms with Crippen LogP contribution in [0.4, 0.5) is 5.69 Å². The van der Waals surface area contributed by atoms with Crippen LogP contribution in [0.15, 0.2) is 41.3 Å². The molecule has 166 valence electrons. The van der Waals surface area contributed by atoms with Crippen LogP contribution in [0.25, 0.3) is 0 Å². The van der Waals surface area contributed by atoms with Gasteiger partial charge in [0.1, 0.15) is 0 Å². The van der Waals surface area contributed by atoms with E-state index in [-0.39, 0.29) is 10.9 Å². The normalized spacial score (nSPS) is 21.8. The van der Waals surface area contributed by atoms with Crippen molar-refractivity contribution in [1.82, 2.24) is 4.31 Å². The first-order valence-corrected chi connectivity index (χ1v) is 12.4. The van der Waals surface area contributed by atoms with Gasteiger partial charge in [-0.1, -0.05) is 30.7 Å². The lowest BCUT2D eigenvalue weighted by molar-refractivity contribution is -0.138. The molecule has 1 saturated heterocycles. The molecule has 1 fully saturated rings. The van der Waals surface area contributed by atoms with E-state index < -0.39 is 21.9 Å². The molecule has 2 aromatic carbocycles. The number of anilines is 1. The Morgan fingerprint density at radius 1 is 1.19 bits per heavy atom.